The molecular weight excluding hydrogens is 264 g/mol. The lowest BCUT2D eigenvalue weighted by Crippen LogP contribution is -2.32. The third-order valence-electron chi connectivity index (χ3n) is 3.60. The molecule has 2 rings (SSSR count). The number of hydrogen-bond donors (Lipinski definition) is 1. The van der Waals surface area contributed by atoms with Gasteiger partial charge in [-0.1, -0.05) is 36.7 Å². The van der Waals surface area contributed by atoms with Gasteiger partial charge in [0.25, 0.3) is 0 Å². The van der Waals surface area contributed by atoms with E-state index in [0.717, 1.165) is 12.1 Å². The Morgan fingerprint density at radius 3 is 2.83 bits per heavy atom. The van der Waals surface area contributed by atoms with Crippen molar-refractivity contribution < 1.29 is 0 Å². The van der Waals surface area contributed by atoms with E-state index in [1.54, 1.807) is 0 Å². The largest absolute Gasteiger partial charge is 0.389 e. The van der Waals surface area contributed by atoms with Gasteiger partial charge in [-0.2, -0.15) is 0 Å². The highest BCUT2D eigenvalue weighted by Gasteiger charge is 2.18. The zero-order valence-corrected chi connectivity index (χ0v) is 12.2. The second kappa shape index (κ2) is 5.89. The Hall–Kier alpha value is -0.800. The maximum absolute atomic E-state index is 6.24. The highest BCUT2D eigenvalue weighted by atomic mass is 35.5. The molecule has 1 aromatic rings. The summed E-state index contributed by atoms with van der Waals surface area (Å²) in [4.78, 5) is 2.79. The minimum Gasteiger partial charge on any atom is -0.389 e. The Labute approximate surface area is 119 Å². The molecule has 0 aromatic heterocycles. The average Bonchev–Trinajstić information content (AvgIpc) is 2.53. The second-order valence-electron chi connectivity index (χ2n) is 4.92. The van der Waals surface area contributed by atoms with Gasteiger partial charge in [0, 0.05) is 23.8 Å². The van der Waals surface area contributed by atoms with Crippen LogP contribution in [0, 0.1) is 0 Å². The summed E-state index contributed by atoms with van der Waals surface area (Å²) in [5.41, 5.74) is 7.57. The quantitative estimate of drug-likeness (QED) is 0.838. The number of benzene rings is 1. The van der Waals surface area contributed by atoms with Crippen LogP contribution in [0.5, 0.6) is 0 Å². The zero-order valence-electron chi connectivity index (χ0n) is 10.7. The van der Waals surface area contributed by atoms with E-state index in [1.165, 1.54) is 31.4 Å². The van der Waals surface area contributed by atoms with Crippen molar-refractivity contribution in [1.29, 1.82) is 0 Å². The fourth-order valence-electron chi connectivity index (χ4n) is 2.54. The van der Waals surface area contributed by atoms with Crippen molar-refractivity contribution in [2.45, 2.75) is 38.6 Å². The zero-order chi connectivity index (χ0) is 13.1. The van der Waals surface area contributed by atoms with Gasteiger partial charge in [0.1, 0.15) is 4.99 Å². The number of nitrogens with two attached hydrogens (primary N) is 1. The molecule has 2 N–H and O–H groups in total. The van der Waals surface area contributed by atoms with Crippen LogP contribution < -0.4 is 10.6 Å². The smallest absolute Gasteiger partial charge is 0.105 e. The maximum atomic E-state index is 6.24. The Morgan fingerprint density at radius 2 is 2.17 bits per heavy atom. The summed E-state index contributed by atoms with van der Waals surface area (Å²) in [6.07, 6.45) is 5.13. The predicted octanol–water partition coefficient (Wildman–Crippen LogP) is 3.74. The van der Waals surface area contributed by atoms with E-state index in [2.05, 4.69) is 17.9 Å². The molecule has 4 heteroatoms. The van der Waals surface area contributed by atoms with Crippen molar-refractivity contribution in [3.8, 4) is 0 Å². The first-order valence-electron chi connectivity index (χ1n) is 6.45. The van der Waals surface area contributed by atoms with Crippen LogP contribution in [0.4, 0.5) is 5.69 Å². The van der Waals surface area contributed by atoms with Gasteiger partial charge in [0.2, 0.25) is 0 Å². The maximum Gasteiger partial charge on any atom is 0.105 e. The number of halogens is 1. The average molecular weight is 283 g/mol. The molecule has 1 aromatic carbocycles. The van der Waals surface area contributed by atoms with Gasteiger partial charge in [0.05, 0.1) is 5.02 Å². The Bertz CT molecular complexity index is 447. The van der Waals surface area contributed by atoms with Crippen molar-refractivity contribution in [2.24, 2.45) is 5.73 Å². The Kier molecular flexibility index (Phi) is 4.46. The van der Waals surface area contributed by atoms with Crippen LogP contribution in [0.2, 0.25) is 5.02 Å². The van der Waals surface area contributed by atoms with Gasteiger partial charge in [-0.3, -0.25) is 0 Å². The molecule has 98 valence electrons. The molecule has 0 bridgehead atoms. The third-order valence-corrected chi connectivity index (χ3v) is 4.14. The van der Waals surface area contributed by atoms with Crippen LogP contribution in [0.3, 0.4) is 0 Å². The summed E-state index contributed by atoms with van der Waals surface area (Å²) in [6, 6.07) is 6.55. The number of nitrogens with zero attached hydrogens (tertiary/aromatic N) is 1. The number of rotatable bonds is 2. The Balaban J connectivity index is 2.27. The molecule has 1 atom stereocenters. The second-order valence-corrected chi connectivity index (χ2v) is 5.77. The van der Waals surface area contributed by atoms with Crippen molar-refractivity contribution in [2.75, 3.05) is 11.4 Å². The molecule has 1 saturated heterocycles. The Morgan fingerprint density at radius 1 is 1.39 bits per heavy atom. The molecule has 1 fully saturated rings. The van der Waals surface area contributed by atoms with E-state index in [9.17, 15) is 0 Å². The highest BCUT2D eigenvalue weighted by molar-refractivity contribution is 7.80. The van der Waals surface area contributed by atoms with Crippen LogP contribution in [0.15, 0.2) is 18.2 Å². The van der Waals surface area contributed by atoms with Crippen molar-refractivity contribution in [3.05, 3.63) is 28.8 Å². The fourth-order valence-corrected chi connectivity index (χ4v) is 3.05. The lowest BCUT2D eigenvalue weighted by atomic mass is 10.1. The molecular formula is C14H19ClN2S. The normalized spacial score (nSPS) is 20.6. The lowest BCUT2D eigenvalue weighted by Gasteiger charge is -2.29. The number of thiocarbonyl (C=S) groups is 1. The van der Waals surface area contributed by atoms with E-state index in [4.69, 9.17) is 29.6 Å². The summed E-state index contributed by atoms with van der Waals surface area (Å²) in [5, 5.41) is 0.649. The number of hydrogen-bond acceptors (Lipinski definition) is 2. The van der Waals surface area contributed by atoms with Gasteiger partial charge in [-0.15, -0.1) is 0 Å². The van der Waals surface area contributed by atoms with Crippen LogP contribution in [0.1, 0.15) is 38.2 Å². The van der Waals surface area contributed by atoms with Gasteiger partial charge in [-0.25, -0.2) is 0 Å². The minimum absolute atomic E-state index is 0.357. The third kappa shape index (κ3) is 2.96. The molecule has 1 aliphatic heterocycles. The molecule has 0 spiro atoms. The lowest BCUT2D eigenvalue weighted by molar-refractivity contribution is 0.616. The van der Waals surface area contributed by atoms with E-state index in [0.29, 0.717) is 16.1 Å². The van der Waals surface area contributed by atoms with Gasteiger partial charge in [-0.05, 0) is 38.0 Å². The predicted molar refractivity (Wildman–Crippen MR) is 82.6 cm³/mol. The molecule has 0 amide bonds. The molecule has 1 unspecified atom stereocenters. The summed E-state index contributed by atoms with van der Waals surface area (Å²) >= 11 is 11.2. The summed E-state index contributed by atoms with van der Waals surface area (Å²) in [5.74, 6) is 0. The fraction of sp³-hybridized carbons (Fsp3) is 0.500. The van der Waals surface area contributed by atoms with Crippen LogP contribution >= 0.6 is 23.8 Å². The summed E-state index contributed by atoms with van der Waals surface area (Å²) in [6.45, 7) is 3.38. The van der Waals surface area contributed by atoms with Crippen LogP contribution in [0.25, 0.3) is 0 Å². The standard InChI is InChI=1S/C14H19ClN2S/c1-10-5-3-2-4-8-17(10)11-6-7-12(14(16)18)13(15)9-11/h6-7,9-10H,2-5,8H2,1H3,(H2,16,18). The van der Waals surface area contributed by atoms with Crippen molar-refractivity contribution in [3.63, 3.8) is 0 Å². The van der Waals surface area contributed by atoms with Gasteiger partial charge < -0.3 is 10.6 Å². The first-order valence-corrected chi connectivity index (χ1v) is 7.24. The number of anilines is 1. The first-order chi connectivity index (χ1) is 8.59. The van der Waals surface area contributed by atoms with Crippen molar-refractivity contribution >= 4 is 34.5 Å². The summed E-state index contributed by atoms with van der Waals surface area (Å²) < 4.78 is 0. The minimum atomic E-state index is 0.357. The summed E-state index contributed by atoms with van der Waals surface area (Å²) in [7, 11) is 0. The van der Waals surface area contributed by atoms with Crippen molar-refractivity contribution in [1.82, 2.24) is 0 Å². The topological polar surface area (TPSA) is 29.3 Å². The van der Waals surface area contributed by atoms with E-state index < -0.39 is 0 Å². The van der Waals surface area contributed by atoms with Crippen LogP contribution in [-0.2, 0) is 0 Å². The SMILES string of the molecule is CC1CCCCCN1c1ccc(C(N)=S)c(Cl)c1. The molecule has 2 nitrogen and oxygen atoms in total. The molecule has 1 heterocycles. The van der Waals surface area contributed by atoms with E-state index in [1.807, 2.05) is 12.1 Å². The molecule has 1 aliphatic rings. The van der Waals surface area contributed by atoms with Gasteiger partial charge >= 0.3 is 0 Å². The molecule has 0 radical (unpaired) electrons. The molecule has 0 aliphatic carbocycles. The highest BCUT2D eigenvalue weighted by Crippen LogP contribution is 2.28. The molecule has 0 saturated carbocycles. The van der Waals surface area contributed by atoms with E-state index in [-0.39, 0.29) is 0 Å². The van der Waals surface area contributed by atoms with E-state index >= 15 is 0 Å². The molecule has 18 heavy (non-hydrogen) atoms. The monoisotopic (exact) mass is 282 g/mol. The first kappa shape index (κ1) is 13.6. The van der Waals surface area contributed by atoms with Crippen LogP contribution in [-0.4, -0.2) is 17.6 Å². The van der Waals surface area contributed by atoms with Gasteiger partial charge in [0.15, 0.2) is 0 Å².